The standard InChI is InChI=1S/C12H26N2/c1-4-10-14(12(2)3)11-8-6-5-7-9-13/h4,12H,1,5-11,13H2,2-3H3. The van der Waals surface area contributed by atoms with E-state index in [4.69, 9.17) is 5.73 Å². The van der Waals surface area contributed by atoms with Crippen LogP contribution >= 0.6 is 0 Å². The van der Waals surface area contributed by atoms with Gasteiger partial charge in [0, 0.05) is 12.6 Å². The number of nitrogens with two attached hydrogens (primary N) is 1. The van der Waals surface area contributed by atoms with E-state index in [9.17, 15) is 0 Å². The lowest BCUT2D eigenvalue weighted by molar-refractivity contribution is 0.240. The second-order valence-corrected chi connectivity index (χ2v) is 4.08. The lowest BCUT2D eigenvalue weighted by Crippen LogP contribution is -2.31. The van der Waals surface area contributed by atoms with E-state index in [-0.39, 0.29) is 0 Å². The number of hydrogen-bond donors (Lipinski definition) is 1. The number of nitrogens with zero attached hydrogens (tertiary/aromatic N) is 1. The van der Waals surface area contributed by atoms with Crippen molar-refractivity contribution in [1.29, 1.82) is 0 Å². The minimum Gasteiger partial charge on any atom is -0.330 e. The highest BCUT2D eigenvalue weighted by Crippen LogP contribution is 2.04. The molecule has 2 heteroatoms. The fourth-order valence-electron chi connectivity index (χ4n) is 1.54. The minimum atomic E-state index is 0.627. The van der Waals surface area contributed by atoms with Gasteiger partial charge in [0.25, 0.3) is 0 Å². The van der Waals surface area contributed by atoms with Crippen LogP contribution in [0, 0.1) is 0 Å². The molecule has 0 aliphatic carbocycles. The molecule has 0 aromatic carbocycles. The molecule has 0 spiro atoms. The van der Waals surface area contributed by atoms with Gasteiger partial charge in [-0.3, -0.25) is 4.90 Å². The first-order chi connectivity index (χ1) is 6.72. The molecule has 2 N–H and O–H groups in total. The Labute approximate surface area is 89.2 Å². The number of hydrogen-bond acceptors (Lipinski definition) is 2. The Morgan fingerprint density at radius 1 is 1.21 bits per heavy atom. The molecule has 14 heavy (non-hydrogen) atoms. The first-order valence-electron chi connectivity index (χ1n) is 5.77. The lowest BCUT2D eigenvalue weighted by atomic mass is 10.1. The highest BCUT2D eigenvalue weighted by Gasteiger charge is 2.05. The van der Waals surface area contributed by atoms with Crippen molar-refractivity contribution in [3.05, 3.63) is 12.7 Å². The third-order valence-corrected chi connectivity index (χ3v) is 2.49. The Morgan fingerprint density at radius 2 is 1.86 bits per heavy atom. The molecule has 0 unspecified atom stereocenters. The fourth-order valence-corrected chi connectivity index (χ4v) is 1.54. The second kappa shape index (κ2) is 9.22. The Morgan fingerprint density at radius 3 is 2.36 bits per heavy atom. The normalized spacial score (nSPS) is 11.2. The summed E-state index contributed by atoms with van der Waals surface area (Å²) in [4.78, 5) is 2.45. The van der Waals surface area contributed by atoms with Gasteiger partial charge in [0.05, 0.1) is 0 Å². The second-order valence-electron chi connectivity index (χ2n) is 4.08. The van der Waals surface area contributed by atoms with Crippen LogP contribution in [0.5, 0.6) is 0 Å². The van der Waals surface area contributed by atoms with E-state index in [1.807, 2.05) is 6.08 Å². The molecule has 0 amide bonds. The molecule has 0 aromatic rings. The third kappa shape index (κ3) is 7.10. The van der Waals surface area contributed by atoms with E-state index in [0.717, 1.165) is 13.1 Å². The van der Waals surface area contributed by atoms with E-state index in [0.29, 0.717) is 6.04 Å². The van der Waals surface area contributed by atoms with Gasteiger partial charge < -0.3 is 5.73 Å². The quantitative estimate of drug-likeness (QED) is 0.455. The average molecular weight is 198 g/mol. The Hall–Kier alpha value is -0.340. The Kier molecular flexibility index (Phi) is 9.00. The summed E-state index contributed by atoms with van der Waals surface area (Å²) in [5.41, 5.74) is 5.44. The predicted octanol–water partition coefficient (Wildman–Crippen LogP) is 2.40. The maximum atomic E-state index is 5.44. The van der Waals surface area contributed by atoms with E-state index < -0.39 is 0 Å². The first-order valence-corrected chi connectivity index (χ1v) is 5.77. The van der Waals surface area contributed by atoms with Gasteiger partial charge in [-0.15, -0.1) is 6.58 Å². The van der Waals surface area contributed by atoms with E-state index in [2.05, 4.69) is 25.3 Å². The lowest BCUT2D eigenvalue weighted by Gasteiger charge is -2.24. The van der Waals surface area contributed by atoms with Gasteiger partial charge in [0.1, 0.15) is 0 Å². The third-order valence-electron chi connectivity index (χ3n) is 2.49. The first kappa shape index (κ1) is 13.7. The van der Waals surface area contributed by atoms with Crippen molar-refractivity contribution < 1.29 is 0 Å². The van der Waals surface area contributed by atoms with Crippen molar-refractivity contribution in [3.63, 3.8) is 0 Å². The molecule has 0 saturated heterocycles. The maximum absolute atomic E-state index is 5.44. The summed E-state index contributed by atoms with van der Waals surface area (Å²) in [6, 6.07) is 0.627. The summed E-state index contributed by atoms with van der Waals surface area (Å²) in [7, 11) is 0. The van der Waals surface area contributed by atoms with Gasteiger partial charge in [-0.1, -0.05) is 18.9 Å². The molecule has 0 bridgehead atoms. The fraction of sp³-hybridized carbons (Fsp3) is 0.833. The van der Waals surface area contributed by atoms with Crippen LogP contribution in [0.25, 0.3) is 0 Å². The van der Waals surface area contributed by atoms with Crippen molar-refractivity contribution >= 4 is 0 Å². The molecule has 0 fully saturated rings. The van der Waals surface area contributed by atoms with Crippen LogP contribution in [0.2, 0.25) is 0 Å². The van der Waals surface area contributed by atoms with Crippen LogP contribution in [0.3, 0.4) is 0 Å². The summed E-state index contributed by atoms with van der Waals surface area (Å²) < 4.78 is 0. The summed E-state index contributed by atoms with van der Waals surface area (Å²) in [5.74, 6) is 0. The van der Waals surface area contributed by atoms with Gasteiger partial charge in [-0.05, 0) is 39.8 Å². The monoisotopic (exact) mass is 198 g/mol. The largest absolute Gasteiger partial charge is 0.330 e. The van der Waals surface area contributed by atoms with Crippen LogP contribution in [0.1, 0.15) is 39.5 Å². The van der Waals surface area contributed by atoms with Crippen molar-refractivity contribution in [2.24, 2.45) is 5.73 Å². The highest BCUT2D eigenvalue weighted by molar-refractivity contribution is 4.75. The molecule has 0 rings (SSSR count). The molecule has 0 saturated carbocycles. The summed E-state index contributed by atoms with van der Waals surface area (Å²) >= 11 is 0. The Balaban J connectivity index is 3.45. The SMILES string of the molecule is C=CCN(CCCCCCN)C(C)C. The van der Waals surface area contributed by atoms with Gasteiger partial charge in [-0.25, -0.2) is 0 Å². The predicted molar refractivity (Wildman–Crippen MR) is 64.4 cm³/mol. The van der Waals surface area contributed by atoms with Crippen molar-refractivity contribution in [2.75, 3.05) is 19.6 Å². The topological polar surface area (TPSA) is 29.3 Å². The molecule has 0 aliphatic heterocycles. The van der Waals surface area contributed by atoms with E-state index in [1.165, 1.54) is 32.2 Å². The van der Waals surface area contributed by atoms with Crippen molar-refractivity contribution in [1.82, 2.24) is 4.90 Å². The molecule has 0 radical (unpaired) electrons. The van der Waals surface area contributed by atoms with Gasteiger partial charge in [-0.2, -0.15) is 0 Å². The zero-order valence-corrected chi connectivity index (χ0v) is 9.84. The summed E-state index contributed by atoms with van der Waals surface area (Å²) in [6.45, 7) is 11.3. The molecule has 0 aromatic heterocycles. The summed E-state index contributed by atoms with van der Waals surface area (Å²) in [5, 5.41) is 0. The molecule has 84 valence electrons. The van der Waals surface area contributed by atoms with Crippen molar-refractivity contribution in [2.45, 2.75) is 45.6 Å². The smallest absolute Gasteiger partial charge is 0.0163 e. The van der Waals surface area contributed by atoms with Crippen molar-refractivity contribution in [3.8, 4) is 0 Å². The van der Waals surface area contributed by atoms with Crippen LogP contribution < -0.4 is 5.73 Å². The highest BCUT2D eigenvalue weighted by atomic mass is 15.1. The van der Waals surface area contributed by atoms with Gasteiger partial charge in [0.15, 0.2) is 0 Å². The average Bonchev–Trinajstić information content (AvgIpc) is 2.15. The molecule has 0 aliphatic rings. The Bertz CT molecular complexity index is 132. The number of unbranched alkanes of at least 4 members (excludes halogenated alkanes) is 3. The van der Waals surface area contributed by atoms with Crippen LogP contribution in [0.15, 0.2) is 12.7 Å². The van der Waals surface area contributed by atoms with Gasteiger partial charge in [0.2, 0.25) is 0 Å². The zero-order chi connectivity index (χ0) is 10.8. The van der Waals surface area contributed by atoms with E-state index >= 15 is 0 Å². The minimum absolute atomic E-state index is 0.627. The molecule has 2 nitrogen and oxygen atoms in total. The summed E-state index contributed by atoms with van der Waals surface area (Å²) in [6.07, 6.45) is 7.02. The van der Waals surface area contributed by atoms with Crippen LogP contribution in [-0.2, 0) is 0 Å². The zero-order valence-electron chi connectivity index (χ0n) is 9.84. The van der Waals surface area contributed by atoms with Gasteiger partial charge >= 0.3 is 0 Å². The molecular weight excluding hydrogens is 172 g/mol. The van der Waals surface area contributed by atoms with Crippen LogP contribution in [-0.4, -0.2) is 30.6 Å². The molecular formula is C12H26N2. The van der Waals surface area contributed by atoms with E-state index in [1.54, 1.807) is 0 Å². The molecule has 0 heterocycles. The maximum Gasteiger partial charge on any atom is 0.0163 e. The van der Waals surface area contributed by atoms with Crippen LogP contribution in [0.4, 0.5) is 0 Å². The number of rotatable bonds is 9. The molecule has 0 atom stereocenters.